The molecule has 3 atom stereocenters. The summed E-state index contributed by atoms with van der Waals surface area (Å²) in [6.07, 6.45) is 4.34. The molecule has 1 aliphatic carbocycles. The van der Waals surface area contributed by atoms with Gasteiger partial charge in [-0.25, -0.2) is 4.79 Å². The van der Waals surface area contributed by atoms with E-state index in [1.165, 1.54) is 6.42 Å². The molecule has 0 aromatic carbocycles. The molecular weight excluding hydrogens is 408 g/mol. The molecule has 8 nitrogen and oxygen atoms in total. The van der Waals surface area contributed by atoms with Gasteiger partial charge in [-0.1, -0.05) is 47.0 Å². The van der Waals surface area contributed by atoms with Crippen molar-refractivity contribution in [2.45, 2.75) is 78.6 Å². The first-order valence-corrected chi connectivity index (χ1v) is 10.0. The average molecular weight is 449 g/mol. The maximum absolute atomic E-state index is 12.8. The van der Waals surface area contributed by atoms with Crippen LogP contribution in [0.1, 0.15) is 60.3 Å². The third kappa shape index (κ3) is 7.74. The van der Waals surface area contributed by atoms with Crippen LogP contribution in [-0.2, 0) is 23.8 Å². The molecule has 2 amide bonds. The Balaban J connectivity index is 0.00000280. The van der Waals surface area contributed by atoms with Gasteiger partial charge in [0.25, 0.3) is 5.91 Å². The number of morpholine rings is 1. The minimum Gasteiger partial charge on any atom is -0.436 e. The maximum atomic E-state index is 12.8. The van der Waals surface area contributed by atoms with Gasteiger partial charge in [0.05, 0.1) is 19.3 Å². The SMILES string of the molecule is C.C.C[C@H]1OCC(=O)[C@@H]1NC(=O)[C@H](CC1CCCCC1)OC(=O)N1CCOCC1.S. The molecule has 1 saturated carbocycles. The number of Topliss-reactive ketones (excluding diaryl/α,β-unsaturated/α-hetero) is 1. The molecule has 0 unspecified atom stereocenters. The molecule has 3 rings (SSSR count). The van der Waals surface area contributed by atoms with Crippen LogP contribution >= 0.6 is 13.5 Å². The van der Waals surface area contributed by atoms with E-state index in [0.717, 1.165) is 25.7 Å². The van der Waals surface area contributed by atoms with Crippen molar-refractivity contribution in [3.05, 3.63) is 0 Å². The third-order valence-electron chi connectivity index (χ3n) is 5.68. The van der Waals surface area contributed by atoms with E-state index < -0.39 is 24.1 Å². The van der Waals surface area contributed by atoms with Gasteiger partial charge in [0.2, 0.25) is 0 Å². The van der Waals surface area contributed by atoms with Gasteiger partial charge < -0.3 is 24.4 Å². The number of nitrogens with one attached hydrogen (secondary N) is 1. The minimum atomic E-state index is -0.885. The smallest absolute Gasteiger partial charge is 0.410 e. The molecule has 0 spiro atoms. The molecule has 0 radical (unpaired) electrons. The number of hydrogen-bond donors (Lipinski definition) is 1. The number of rotatable bonds is 5. The summed E-state index contributed by atoms with van der Waals surface area (Å²) in [7, 11) is 0. The minimum absolute atomic E-state index is 0. The zero-order valence-corrected chi connectivity index (χ0v) is 17.5. The van der Waals surface area contributed by atoms with E-state index in [9.17, 15) is 14.4 Å². The van der Waals surface area contributed by atoms with E-state index in [2.05, 4.69) is 5.32 Å². The molecule has 176 valence electrons. The van der Waals surface area contributed by atoms with Crippen LogP contribution < -0.4 is 5.32 Å². The summed E-state index contributed by atoms with van der Waals surface area (Å²) in [5.74, 6) is -0.190. The number of carbonyl (C=O) groups is 3. The van der Waals surface area contributed by atoms with Gasteiger partial charge in [0, 0.05) is 13.1 Å². The predicted molar refractivity (Wildman–Crippen MR) is 120 cm³/mol. The molecule has 30 heavy (non-hydrogen) atoms. The largest absolute Gasteiger partial charge is 0.436 e. The van der Waals surface area contributed by atoms with Gasteiger partial charge in [-0.15, -0.1) is 0 Å². The second kappa shape index (κ2) is 13.9. The number of hydrogen-bond acceptors (Lipinski definition) is 6. The summed E-state index contributed by atoms with van der Waals surface area (Å²) in [5, 5.41) is 2.74. The number of amides is 2. The normalized spacial score (nSPS) is 25.2. The predicted octanol–water partition coefficient (Wildman–Crippen LogP) is 2.65. The Hall–Kier alpha value is -1.32. The highest BCUT2D eigenvalue weighted by Crippen LogP contribution is 2.28. The van der Waals surface area contributed by atoms with Crippen LogP contribution in [0.15, 0.2) is 0 Å². The standard InChI is InChI=1S/C19H30N2O6.2CH4.H2S/c1-13-17(15(22)12-26-13)20-18(23)16(11-14-5-3-2-4-6-14)27-19(24)21-7-9-25-10-8-21;;;/h13-14,16-17H,2-12H2,1H3,(H,20,23);2*1H4;1H2/t13-,16+,17-;;;/m1.../s1. The van der Waals surface area contributed by atoms with Crippen molar-refractivity contribution in [2.75, 3.05) is 32.9 Å². The molecule has 0 aromatic rings. The number of ether oxygens (including phenoxy) is 3. The van der Waals surface area contributed by atoms with Crippen LogP contribution in [0.4, 0.5) is 4.79 Å². The lowest BCUT2D eigenvalue weighted by Crippen LogP contribution is -2.51. The van der Waals surface area contributed by atoms with Crippen molar-refractivity contribution in [1.29, 1.82) is 0 Å². The Labute approximate surface area is 187 Å². The van der Waals surface area contributed by atoms with Crippen molar-refractivity contribution in [3.8, 4) is 0 Å². The Bertz CT molecular complexity index is 550. The summed E-state index contributed by atoms with van der Waals surface area (Å²) >= 11 is 0. The van der Waals surface area contributed by atoms with Gasteiger partial charge in [-0.05, 0) is 19.3 Å². The monoisotopic (exact) mass is 448 g/mol. The zero-order chi connectivity index (χ0) is 19.2. The first kappa shape index (κ1) is 28.7. The van der Waals surface area contributed by atoms with Crippen molar-refractivity contribution in [1.82, 2.24) is 10.2 Å². The Morgan fingerprint density at radius 2 is 1.80 bits per heavy atom. The number of ketones is 1. The summed E-state index contributed by atoms with van der Waals surface area (Å²) in [6.45, 7) is 3.63. The molecule has 9 heteroatoms. The Morgan fingerprint density at radius 1 is 1.17 bits per heavy atom. The molecule has 2 aliphatic heterocycles. The highest BCUT2D eigenvalue weighted by atomic mass is 32.1. The Morgan fingerprint density at radius 3 is 2.37 bits per heavy atom. The van der Waals surface area contributed by atoms with Crippen LogP contribution in [0.2, 0.25) is 0 Å². The lowest BCUT2D eigenvalue weighted by atomic mass is 9.85. The fourth-order valence-electron chi connectivity index (χ4n) is 3.98. The van der Waals surface area contributed by atoms with Crippen LogP contribution in [0, 0.1) is 5.92 Å². The van der Waals surface area contributed by atoms with Crippen LogP contribution in [0.3, 0.4) is 0 Å². The van der Waals surface area contributed by atoms with Crippen molar-refractivity contribution in [3.63, 3.8) is 0 Å². The van der Waals surface area contributed by atoms with Crippen molar-refractivity contribution in [2.24, 2.45) is 5.92 Å². The van der Waals surface area contributed by atoms with E-state index in [-0.39, 0.29) is 46.8 Å². The maximum Gasteiger partial charge on any atom is 0.410 e. The van der Waals surface area contributed by atoms with Crippen LogP contribution in [0.25, 0.3) is 0 Å². The molecule has 3 fully saturated rings. The van der Waals surface area contributed by atoms with Crippen molar-refractivity contribution >= 4 is 31.3 Å². The first-order valence-electron chi connectivity index (χ1n) is 10.0. The van der Waals surface area contributed by atoms with Gasteiger partial charge >= 0.3 is 6.09 Å². The zero-order valence-electron chi connectivity index (χ0n) is 16.5. The quantitative estimate of drug-likeness (QED) is 0.695. The highest BCUT2D eigenvalue weighted by molar-refractivity contribution is 7.59. The molecule has 0 bridgehead atoms. The fourth-order valence-corrected chi connectivity index (χ4v) is 3.98. The van der Waals surface area contributed by atoms with E-state index in [4.69, 9.17) is 14.2 Å². The third-order valence-corrected chi connectivity index (χ3v) is 5.68. The molecular formula is C21H40N2O6S. The van der Waals surface area contributed by atoms with E-state index in [1.807, 2.05) is 0 Å². The molecule has 3 aliphatic rings. The van der Waals surface area contributed by atoms with E-state index in [1.54, 1.807) is 11.8 Å². The van der Waals surface area contributed by atoms with Gasteiger partial charge in [0.1, 0.15) is 12.6 Å². The molecule has 0 aromatic heterocycles. The Kier molecular flexibility index (Phi) is 13.3. The van der Waals surface area contributed by atoms with E-state index in [0.29, 0.717) is 38.6 Å². The van der Waals surface area contributed by atoms with Gasteiger partial charge in [0.15, 0.2) is 11.9 Å². The summed E-state index contributed by atoms with van der Waals surface area (Å²) in [6, 6.07) is -0.673. The summed E-state index contributed by atoms with van der Waals surface area (Å²) in [5.41, 5.74) is 0. The molecule has 1 N–H and O–H groups in total. The second-order valence-electron chi connectivity index (χ2n) is 7.68. The fraction of sp³-hybridized carbons (Fsp3) is 0.857. The highest BCUT2D eigenvalue weighted by Gasteiger charge is 2.37. The second-order valence-corrected chi connectivity index (χ2v) is 7.68. The topological polar surface area (TPSA) is 94.2 Å². The summed E-state index contributed by atoms with van der Waals surface area (Å²) in [4.78, 5) is 38.8. The van der Waals surface area contributed by atoms with Crippen molar-refractivity contribution < 1.29 is 28.6 Å². The lowest BCUT2D eigenvalue weighted by molar-refractivity contribution is -0.134. The van der Waals surface area contributed by atoms with Crippen LogP contribution in [-0.4, -0.2) is 73.8 Å². The summed E-state index contributed by atoms with van der Waals surface area (Å²) < 4.78 is 16.1. The number of nitrogens with zero attached hydrogens (tertiary/aromatic N) is 1. The van der Waals surface area contributed by atoms with Gasteiger partial charge in [-0.3, -0.25) is 9.59 Å². The van der Waals surface area contributed by atoms with E-state index >= 15 is 0 Å². The van der Waals surface area contributed by atoms with Gasteiger partial charge in [-0.2, -0.15) is 13.5 Å². The van der Waals surface area contributed by atoms with Crippen LogP contribution in [0.5, 0.6) is 0 Å². The average Bonchev–Trinajstić information content (AvgIpc) is 3.01. The molecule has 2 saturated heterocycles. The number of carbonyl (C=O) groups excluding carboxylic acids is 3. The first-order chi connectivity index (χ1) is 13.0. The molecule has 2 heterocycles. The lowest BCUT2D eigenvalue weighted by Gasteiger charge is -2.30.